The Morgan fingerprint density at radius 3 is 2.39 bits per heavy atom. The van der Waals surface area contributed by atoms with Crippen molar-refractivity contribution in [3.63, 3.8) is 0 Å². The molecule has 0 saturated heterocycles. The first kappa shape index (κ1) is 13.0. The summed E-state index contributed by atoms with van der Waals surface area (Å²) in [5.41, 5.74) is 1.11. The minimum Gasteiger partial charge on any atom is -0.310 e. The quantitative estimate of drug-likeness (QED) is 0.763. The fourth-order valence-corrected chi connectivity index (χ4v) is 5.06. The van der Waals surface area contributed by atoms with E-state index < -0.39 is 0 Å². The van der Waals surface area contributed by atoms with Crippen molar-refractivity contribution < 1.29 is 0 Å². The Labute approximate surface area is 113 Å². The second-order valence-electron chi connectivity index (χ2n) is 8.30. The Bertz CT molecular complexity index is 313. The second-order valence-corrected chi connectivity index (χ2v) is 8.30. The number of nitrogens with one attached hydrogen (secondary N) is 1. The van der Waals surface area contributed by atoms with Crippen LogP contribution in [-0.4, -0.2) is 12.1 Å². The van der Waals surface area contributed by atoms with Gasteiger partial charge in [-0.15, -0.1) is 0 Å². The number of fused-ring (bicyclic) bond motifs is 2. The molecule has 18 heavy (non-hydrogen) atoms. The maximum atomic E-state index is 4.10. The summed E-state index contributed by atoms with van der Waals surface area (Å²) >= 11 is 0. The van der Waals surface area contributed by atoms with Crippen molar-refractivity contribution in [1.29, 1.82) is 0 Å². The second kappa shape index (κ2) is 4.23. The fraction of sp³-hybridized carbons (Fsp3) is 1.00. The summed E-state index contributed by atoms with van der Waals surface area (Å²) in [6.07, 6.45) is 10.1. The molecule has 104 valence electrons. The van der Waals surface area contributed by atoms with Gasteiger partial charge in [-0.1, -0.05) is 40.5 Å². The first-order chi connectivity index (χ1) is 8.45. The summed E-state index contributed by atoms with van der Waals surface area (Å²) in [5, 5.41) is 4.10. The predicted octanol–water partition coefficient (Wildman–Crippen LogP) is 4.37. The molecule has 0 amide bonds. The van der Waals surface area contributed by atoms with Crippen LogP contribution in [0.4, 0.5) is 0 Å². The average Bonchev–Trinajstić information content (AvgIpc) is 3.00. The van der Waals surface area contributed by atoms with Crippen LogP contribution in [0.15, 0.2) is 0 Å². The molecule has 0 aromatic carbocycles. The fourth-order valence-electron chi connectivity index (χ4n) is 5.06. The Balaban J connectivity index is 1.70. The van der Waals surface area contributed by atoms with E-state index in [1.54, 1.807) is 0 Å². The molecule has 1 nitrogen and oxygen atoms in total. The third-order valence-corrected chi connectivity index (χ3v) is 6.48. The van der Waals surface area contributed by atoms with E-state index >= 15 is 0 Å². The van der Waals surface area contributed by atoms with Gasteiger partial charge in [-0.25, -0.2) is 0 Å². The van der Waals surface area contributed by atoms with Gasteiger partial charge in [0.2, 0.25) is 0 Å². The van der Waals surface area contributed by atoms with E-state index in [9.17, 15) is 0 Å². The monoisotopic (exact) mass is 249 g/mol. The topological polar surface area (TPSA) is 12.0 Å². The third-order valence-electron chi connectivity index (χ3n) is 6.48. The molecule has 3 saturated carbocycles. The number of hydrogen-bond acceptors (Lipinski definition) is 1. The molecule has 3 aliphatic rings. The lowest BCUT2D eigenvalue weighted by Crippen LogP contribution is -2.53. The highest BCUT2D eigenvalue weighted by Crippen LogP contribution is 2.62. The highest BCUT2D eigenvalue weighted by Gasteiger charge is 2.59. The Morgan fingerprint density at radius 2 is 1.89 bits per heavy atom. The normalized spacial score (nSPS) is 43.3. The molecule has 4 unspecified atom stereocenters. The van der Waals surface area contributed by atoms with Crippen molar-refractivity contribution in [3.05, 3.63) is 0 Å². The summed E-state index contributed by atoms with van der Waals surface area (Å²) in [4.78, 5) is 0. The van der Waals surface area contributed by atoms with Gasteiger partial charge >= 0.3 is 0 Å². The molecule has 3 rings (SSSR count). The van der Waals surface area contributed by atoms with Crippen molar-refractivity contribution in [3.8, 4) is 0 Å². The zero-order chi connectivity index (χ0) is 13.0. The lowest BCUT2D eigenvalue weighted by atomic mass is 9.68. The van der Waals surface area contributed by atoms with E-state index in [2.05, 4.69) is 33.0 Å². The predicted molar refractivity (Wildman–Crippen MR) is 77.6 cm³/mol. The van der Waals surface area contributed by atoms with Gasteiger partial charge < -0.3 is 5.32 Å². The van der Waals surface area contributed by atoms with E-state index in [0.717, 1.165) is 23.9 Å². The van der Waals surface area contributed by atoms with Crippen molar-refractivity contribution >= 4 is 0 Å². The van der Waals surface area contributed by atoms with E-state index in [-0.39, 0.29) is 0 Å². The zero-order valence-corrected chi connectivity index (χ0v) is 12.8. The van der Waals surface area contributed by atoms with Crippen molar-refractivity contribution in [2.75, 3.05) is 0 Å². The Morgan fingerprint density at radius 1 is 1.17 bits per heavy atom. The Hall–Kier alpha value is -0.0400. The van der Waals surface area contributed by atoms with Gasteiger partial charge in [0.25, 0.3) is 0 Å². The van der Waals surface area contributed by atoms with Crippen LogP contribution >= 0.6 is 0 Å². The zero-order valence-electron chi connectivity index (χ0n) is 12.8. The minimum absolute atomic E-state index is 0.518. The SMILES string of the molecule is CCC(CC1CC1)NC1C2(C)CCC(C2)C1(C)C. The molecule has 3 fully saturated rings. The molecule has 0 aromatic rings. The molecule has 0 aliphatic heterocycles. The van der Waals surface area contributed by atoms with E-state index in [1.165, 1.54) is 44.9 Å². The molecule has 4 atom stereocenters. The third kappa shape index (κ3) is 2.03. The van der Waals surface area contributed by atoms with Crippen LogP contribution in [0.1, 0.15) is 72.6 Å². The van der Waals surface area contributed by atoms with Crippen molar-refractivity contribution in [2.24, 2.45) is 22.7 Å². The molecule has 0 heterocycles. The molecular formula is C17H31N. The summed E-state index contributed by atoms with van der Waals surface area (Å²) < 4.78 is 0. The largest absolute Gasteiger partial charge is 0.310 e. The van der Waals surface area contributed by atoms with E-state index in [0.29, 0.717) is 10.8 Å². The number of rotatable bonds is 5. The van der Waals surface area contributed by atoms with Crippen LogP contribution in [-0.2, 0) is 0 Å². The van der Waals surface area contributed by atoms with Gasteiger partial charge in [0, 0.05) is 12.1 Å². The highest BCUT2D eigenvalue weighted by molar-refractivity contribution is 5.12. The molecule has 1 heteroatoms. The van der Waals surface area contributed by atoms with Gasteiger partial charge in [-0.3, -0.25) is 0 Å². The molecule has 3 aliphatic carbocycles. The first-order valence-corrected chi connectivity index (χ1v) is 8.22. The van der Waals surface area contributed by atoms with Crippen LogP contribution in [0.2, 0.25) is 0 Å². The lowest BCUT2D eigenvalue weighted by Gasteiger charge is -2.45. The molecular weight excluding hydrogens is 218 g/mol. The maximum Gasteiger partial charge on any atom is 0.0177 e. The van der Waals surface area contributed by atoms with Crippen LogP contribution in [0.5, 0.6) is 0 Å². The average molecular weight is 249 g/mol. The molecule has 0 radical (unpaired) electrons. The van der Waals surface area contributed by atoms with Crippen molar-refractivity contribution in [1.82, 2.24) is 5.32 Å². The van der Waals surface area contributed by atoms with Crippen LogP contribution in [0.25, 0.3) is 0 Å². The lowest BCUT2D eigenvalue weighted by molar-refractivity contribution is 0.0955. The minimum atomic E-state index is 0.518. The van der Waals surface area contributed by atoms with Crippen LogP contribution < -0.4 is 5.32 Å². The van der Waals surface area contributed by atoms with E-state index in [4.69, 9.17) is 0 Å². The van der Waals surface area contributed by atoms with Gasteiger partial charge in [0.1, 0.15) is 0 Å². The van der Waals surface area contributed by atoms with Gasteiger partial charge in [-0.2, -0.15) is 0 Å². The van der Waals surface area contributed by atoms with Crippen LogP contribution in [0, 0.1) is 22.7 Å². The molecule has 2 bridgehead atoms. The van der Waals surface area contributed by atoms with Gasteiger partial charge in [0.05, 0.1) is 0 Å². The molecule has 0 spiro atoms. The summed E-state index contributed by atoms with van der Waals surface area (Å²) in [5.74, 6) is 2.02. The van der Waals surface area contributed by atoms with Gasteiger partial charge in [0.15, 0.2) is 0 Å². The number of hydrogen-bond donors (Lipinski definition) is 1. The smallest absolute Gasteiger partial charge is 0.0177 e. The summed E-state index contributed by atoms with van der Waals surface area (Å²) in [6, 6.07) is 1.53. The Kier molecular flexibility index (Phi) is 3.05. The van der Waals surface area contributed by atoms with Crippen LogP contribution in [0.3, 0.4) is 0 Å². The molecule has 0 aromatic heterocycles. The maximum absolute atomic E-state index is 4.10. The summed E-state index contributed by atoms with van der Waals surface area (Å²) in [7, 11) is 0. The van der Waals surface area contributed by atoms with E-state index in [1.807, 2.05) is 0 Å². The van der Waals surface area contributed by atoms with Gasteiger partial charge in [-0.05, 0) is 54.8 Å². The summed E-state index contributed by atoms with van der Waals surface area (Å²) in [6.45, 7) is 9.94. The molecule has 1 N–H and O–H groups in total. The van der Waals surface area contributed by atoms with Crippen molar-refractivity contribution in [2.45, 2.75) is 84.7 Å². The highest BCUT2D eigenvalue weighted by atomic mass is 15.0. The standard InChI is InChI=1S/C17H31N/c1-5-14(10-12-6-7-12)18-15-16(2,3)13-8-9-17(15,4)11-13/h12-15,18H,5-11H2,1-4H3. The first-order valence-electron chi connectivity index (χ1n) is 8.22.